The fraction of sp³-hybridized carbons (Fsp3) is 0.227. The van der Waals surface area contributed by atoms with Crippen LogP contribution in [0.25, 0.3) is 22.2 Å². The van der Waals surface area contributed by atoms with Crippen LogP contribution in [0.2, 0.25) is 0 Å². The van der Waals surface area contributed by atoms with Crippen LogP contribution in [-0.4, -0.2) is 47.9 Å². The van der Waals surface area contributed by atoms with Crippen LogP contribution in [0.4, 0.5) is 27.5 Å². The molecule has 1 aliphatic heterocycles. The summed E-state index contributed by atoms with van der Waals surface area (Å²) in [4.78, 5) is 11.0. The van der Waals surface area contributed by atoms with Crippen molar-refractivity contribution in [3.8, 4) is 11.3 Å². The highest BCUT2D eigenvalue weighted by molar-refractivity contribution is 7.90. The van der Waals surface area contributed by atoms with Gasteiger partial charge in [0.1, 0.15) is 17.3 Å². The number of fused-ring (bicyclic) bond motifs is 1. The number of nitrogens with one attached hydrogen (secondary N) is 2. The lowest BCUT2D eigenvalue weighted by molar-refractivity contribution is 0.602. The first-order chi connectivity index (χ1) is 15.8. The van der Waals surface area contributed by atoms with Gasteiger partial charge in [-0.05, 0) is 49.2 Å². The zero-order chi connectivity index (χ0) is 23.2. The van der Waals surface area contributed by atoms with E-state index in [1.54, 1.807) is 18.2 Å². The number of benzene rings is 2. The Kier molecular flexibility index (Phi) is 5.12. The Hall–Kier alpha value is -3.73. The molecule has 3 heterocycles. The lowest BCUT2D eigenvalue weighted by atomic mass is 10.1. The summed E-state index contributed by atoms with van der Waals surface area (Å²) in [7, 11) is -3.41. The van der Waals surface area contributed by atoms with Crippen molar-refractivity contribution in [3.05, 3.63) is 48.4 Å². The summed E-state index contributed by atoms with van der Waals surface area (Å²) in [5, 5.41) is 10.7. The monoisotopic (exact) mass is 467 g/mol. The number of rotatable bonds is 5. The Balaban J connectivity index is 1.49. The second-order valence-electron chi connectivity index (χ2n) is 8.06. The molecule has 2 aromatic carbocycles. The summed E-state index contributed by atoms with van der Waals surface area (Å²) in [6, 6.07) is 9.42. The van der Waals surface area contributed by atoms with Gasteiger partial charge in [-0.15, -0.1) is 0 Å². The van der Waals surface area contributed by atoms with Crippen molar-refractivity contribution in [2.24, 2.45) is 0 Å². The molecule has 170 valence electrons. The Labute approximate surface area is 189 Å². The van der Waals surface area contributed by atoms with Crippen molar-refractivity contribution >= 4 is 43.9 Å². The van der Waals surface area contributed by atoms with Crippen LogP contribution in [0.1, 0.15) is 12.8 Å². The Morgan fingerprint density at radius 1 is 1.15 bits per heavy atom. The van der Waals surface area contributed by atoms with Gasteiger partial charge in [-0.2, -0.15) is 10.1 Å². The summed E-state index contributed by atoms with van der Waals surface area (Å²) < 4.78 is 38.2. The predicted molar refractivity (Wildman–Crippen MR) is 126 cm³/mol. The highest BCUT2D eigenvalue weighted by Crippen LogP contribution is 2.32. The number of nitrogen functional groups attached to an aromatic ring is 1. The van der Waals surface area contributed by atoms with Crippen LogP contribution in [-0.2, 0) is 9.84 Å². The summed E-state index contributed by atoms with van der Waals surface area (Å²) >= 11 is 0. The first-order valence-electron chi connectivity index (χ1n) is 10.4. The third-order valence-electron chi connectivity index (χ3n) is 5.65. The quantitative estimate of drug-likeness (QED) is 0.407. The molecule has 9 nitrogen and oxygen atoms in total. The van der Waals surface area contributed by atoms with Gasteiger partial charge < -0.3 is 16.0 Å². The van der Waals surface area contributed by atoms with Crippen molar-refractivity contribution in [2.45, 2.75) is 17.7 Å². The van der Waals surface area contributed by atoms with E-state index in [0.717, 1.165) is 31.6 Å². The number of hydrogen-bond donors (Lipinski definition) is 3. The zero-order valence-electron chi connectivity index (χ0n) is 17.8. The number of H-pyrrole nitrogens is 1. The minimum atomic E-state index is -3.41. The number of sulfone groups is 1. The molecule has 0 atom stereocenters. The lowest BCUT2D eigenvalue weighted by Crippen LogP contribution is -2.18. The fourth-order valence-electron chi connectivity index (χ4n) is 3.99. The Morgan fingerprint density at radius 2 is 1.94 bits per heavy atom. The van der Waals surface area contributed by atoms with E-state index in [4.69, 9.17) is 5.73 Å². The van der Waals surface area contributed by atoms with Crippen LogP contribution in [0, 0.1) is 5.82 Å². The van der Waals surface area contributed by atoms with Crippen molar-refractivity contribution in [1.82, 2.24) is 20.2 Å². The van der Waals surface area contributed by atoms with Gasteiger partial charge in [-0.25, -0.2) is 17.8 Å². The van der Waals surface area contributed by atoms with E-state index < -0.39 is 9.84 Å². The van der Waals surface area contributed by atoms with Gasteiger partial charge in [0.25, 0.3) is 0 Å². The van der Waals surface area contributed by atoms with E-state index in [9.17, 15) is 12.8 Å². The number of halogens is 1. The van der Waals surface area contributed by atoms with Gasteiger partial charge >= 0.3 is 0 Å². The summed E-state index contributed by atoms with van der Waals surface area (Å²) in [6.45, 7) is 1.76. The SMILES string of the molecule is CS(=O)(=O)c1cc(Nc2ncc(-c3n[nH]c4ccc(F)cc34)c(N)n2)cc(N2CCCC2)c1. The van der Waals surface area contributed by atoms with Crippen molar-refractivity contribution in [1.29, 1.82) is 0 Å². The molecule has 5 rings (SSSR count). The van der Waals surface area contributed by atoms with Crippen molar-refractivity contribution in [2.75, 3.05) is 35.3 Å². The minimum absolute atomic E-state index is 0.157. The van der Waals surface area contributed by atoms with E-state index in [1.807, 2.05) is 6.07 Å². The minimum Gasteiger partial charge on any atom is -0.383 e. The van der Waals surface area contributed by atoms with Gasteiger partial charge in [0.05, 0.1) is 16.0 Å². The van der Waals surface area contributed by atoms with E-state index >= 15 is 0 Å². The molecule has 0 unspecified atom stereocenters. The number of hydrogen-bond acceptors (Lipinski definition) is 8. The molecule has 2 aromatic heterocycles. The molecule has 0 spiro atoms. The molecule has 0 aliphatic carbocycles. The highest BCUT2D eigenvalue weighted by Gasteiger charge is 2.18. The van der Waals surface area contributed by atoms with Gasteiger partial charge in [0.15, 0.2) is 9.84 Å². The van der Waals surface area contributed by atoms with Gasteiger partial charge in [0.2, 0.25) is 5.95 Å². The molecule has 11 heteroatoms. The van der Waals surface area contributed by atoms with Gasteiger partial charge in [-0.1, -0.05) is 0 Å². The standard InChI is InChI=1S/C22H22FN7O2S/c1-33(31,32)16-10-14(9-15(11-16)30-6-2-3-7-30)26-22-25-12-18(21(24)27-22)20-17-8-13(23)4-5-19(17)28-29-20/h4-5,8-12H,2-3,6-7H2,1H3,(H,28,29)(H3,24,25,26,27). The second kappa shape index (κ2) is 8.00. The third kappa shape index (κ3) is 4.19. The van der Waals surface area contributed by atoms with E-state index in [-0.39, 0.29) is 22.5 Å². The molecular weight excluding hydrogens is 445 g/mol. The molecule has 0 bridgehead atoms. The van der Waals surface area contributed by atoms with Crippen LogP contribution >= 0.6 is 0 Å². The Morgan fingerprint density at radius 3 is 2.67 bits per heavy atom. The topological polar surface area (TPSA) is 130 Å². The van der Waals surface area contributed by atoms with E-state index in [2.05, 4.69) is 30.4 Å². The number of aromatic nitrogens is 4. The molecule has 0 saturated carbocycles. The molecule has 1 aliphatic rings. The predicted octanol–water partition coefficient (Wildman–Crippen LogP) is 3.49. The number of nitrogens with two attached hydrogens (primary N) is 1. The number of nitrogens with zero attached hydrogens (tertiary/aromatic N) is 4. The molecule has 4 N–H and O–H groups in total. The lowest BCUT2D eigenvalue weighted by Gasteiger charge is -2.20. The number of aromatic amines is 1. The highest BCUT2D eigenvalue weighted by atomic mass is 32.2. The summed E-state index contributed by atoms with van der Waals surface area (Å²) in [5.74, 6) is -0.0213. The third-order valence-corrected chi connectivity index (χ3v) is 6.74. The number of anilines is 4. The molecule has 4 aromatic rings. The molecular formula is C22H22FN7O2S. The molecule has 0 radical (unpaired) electrons. The van der Waals surface area contributed by atoms with Crippen molar-refractivity contribution < 1.29 is 12.8 Å². The second-order valence-corrected chi connectivity index (χ2v) is 10.1. The molecule has 0 amide bonds. The summed E-state index contributed by atoms with van der Waals surface area (Å²) in [6.07, 6.45) is 4.82. The average molecular weight is 468 g/mol. The maximum atomic E-state index is 13.7. The Bertz CT molecular complexity index is 1460. The van der Waals surface area contributed by atoms with Crippen LogP contribution in [0.5, 0.6) is 0 Å². The van der Waals surface area contributed by atoms with Gasteiger partial charge in [-0.3, -0.25) is 5.10 Å². The van der Waals surface area contributed by atoms with Crippen LogP contribution in [0.3, 0.4) is 0 Å². The average Bonchev–Trinajstić information content (AvgIpc) is 3.43. The molecule has 1 fully saturated rings. The largest absolute Gasteiger partial charge is 0.383 e. The maximum absolute atomic E-state index is 13.7. The van der Waals surface area contributed by atoms with Gasteiger partial charge in [0, 0.05) is 42.3 Å². The molecule has 33 heavy (non-hydrogen) atoms. The zero-order valence-corrected chi connectivity index (χ0v) is 18.7. The van der Waals surface area contributed by atoms with Crippen molar-refractivity contribution in [3.63, 3.8) is 0 Å². The normalized spacial score (nSPS) is 14.2. The first-order valence-corrected chi connectivity index (χ1v) is 12.3. The van der Waals surface area contributed by atoms with E-state index in [0.29, 0.717) is 27.8 Å². The first kappa shape index (κ1) is 21.1. The van der Waals surface area contributed by atoms with Crippen LogP contribution in [0.15, 0.2) is 47.5 Å². The fourth-order valence-corrected chi connectivity index (χ4v) is 4.66. The maximum Gasteiger partial charge on any atom is 0.229 e. The smallest absolute Gasteiger partial charge is 0.229 e. The summed E-state index contributed by atoms with van der Waals surface area (Å²) in [5.41, 5.74) is 9.12. The van der Waals surface area contributed by atoms with E-state index in [1.165, 1.54) is 24.6 Å². The molecule has 1 saturated heterocycles. The van der Waals surface area contributed by atoms with Crippen LogP contribution < -0.4 is 16.0 Å².